The fraction of sp³-hybridized carbons (Fsp3) is 0.143. The molecule has 0 unspecified atom stereocenters. The van der Waals surface area contributed by atoms with E-state index in [-0.39, 0.29) is 0 Å². The molecule has 0 atom stereocenters. The zero-order valence-electron chi connectivity index (χ0n) is 12.5. The van der Waals surface area contributed by atoms with Crippen molar-refractivity contribution in [2.75, 3.05) is 0 Å². The van der Waals surface area contributed by atoms with Crippen molar-refractivity contribution in [3.05, 3.63) is 102 Å². The van der Waals surface area contributed by atoms with Crippen LogP contribution in [0.2, 0.25) is 0 Å². The molecule has 0 spiro atoms. The van der Waals surface area contributed by atoms with Gasteiger partial charge in [-0.25, -0.2) is 0 Å². The first-order valence-electron chi connectivity index (χ1n) is 7.69. The van der Waals surface area contributed by atoms with Crippen LogP contribution in [0.15, 0.2) is 84.9 Å². The quantitative estimate of drug-likeness (QED) is 0.604. The van der Waals surface area contributed by atoms with Crippen LogP contribution >= 0.6 is 0 Å². The number of hydrogen-bond donors (Lipinski definition) is 0. The summed E-state index contributed by atoms with van der Waals surface area (Å²) in [6.07, 6.45) is 2.20. The average molecular weight is 350 g/mol. The minimum absolute atomic E-state index is 0.446. The van der Waals surface area contributed by atoms with Gasteiger partial charge in [0, 0.05) is 0 Å². The van der Waals surface area contributed by atoms with Crippen molar-refractivity contribution in [2.24, 2.45) is 0 Å². The molecule has 0 aliphatic rings. The summed E-state index contributed by atoms with van der Waals surface area (Å²) in [5.41, 5.74) is 4.19. The second-order valence-corrected chi connectivity index (χ2v) is 6.44. The second-order valence-electron chi connectivity index (χ2n) is 5.52. The van der Waals surface area contributed by atoms with Gasteiger partial charge >= 0.3 is 141 Å². The van der Waals surface area contributed by atoms with Gasteiger partial charge in [0.1, 0.15) is 0 Å². The van der Waals surface area contributed by atoms with Gasteiger partial charge in [-0.2, -0.15) is 0 Å². The molecule has 0 saturated carbocycles. The third-order valence-corrected chi connectivity index (χ3v) is 4.91. The maximum absolute atomic E-state index is 3.17. The van der Waals surface area contributed by atoms with Crippen LogP contribution in [-0.2, 0) is 6.42 Å². The van der Waals surface area contributed by atoms with Crippen molar-refractivity contribution in [1.29, 1.82) is 0 Å². The van der Waals surface area contributed by atoms with Gasteiger partial charge in [-0.1, -0.05) is 0 Å². The molecule has 3 aromatic carbocycles. The van der Waals surface area contributed by atoms with Gasteiger partial charge in [-0.3, -0.25) is 0 Å². The Kier molecular flexibility index (Phi) is 5.11. The van der Waals surface area contributed by atoms with Gasteiger partial charge in [0.2, 0.25) is 0 Å². The summed E-state index contributed by atoms with van der Waals surface area (Å²) in [7, 11) is 0. The Labute approximate surface area is 141 Å². The molecule has 109 valence electrons. The zero-order chi connectivity index (χ0) is 15.2. The predicted octanol–water partition coefficient (Wildman–Crippen LogP) is 4.25. The Morgan fingerprint density at radius 3 is 1.68 bits per heavy atom. The third kappa shape index (κ3) is 3.68. The molecule has 22 heavy (non-hydrogen) atoms. The Balaban J connectivity index is 1.85. The van der Waals surface area contributed by atoms with Crippen LogP contribution in [0.3, 0.4) is 0 Å². The monoisotopic (exact) mass is 351 g/mol. The van der Waals surface area contributed by atoms with Gasteiger partial charge in [0.25, 0.3) is 0 Å². The number of benzene rings is 3. The first kappa shape index (κ1) is 15.1. The van der Waals surface area contributed by atoms with Crippen LogP contribution in [0, 0.1) is 0 Å². The number of rotatable bonds is 5. The molecule has 0 N–H and O–H groups in total. The van der Waals surface area contributed by atoms with E-state index < -0.39 is 0 Å². The van der Waals surface area contributed by atoms with E-state index in [1.165, 1.54) is 21.2 Å². The molecule has 0 aliphatic heterocycles. The van der Waals surface area contributed by atoms with Gasteiger partial charge in [0.15, 0.2) is 0 Å². The molecule has 0 saturated heterocycles. The van der Waals surface area contributed by atoms with Crippen LogP contribution in [0.4, 0.5) is 0 Å². The second kappa shape index (κ2) is 7.44. The molecule has 3 aromatic rings. The molecule has 0 aliphatic carbocycles. The van der Waals surface area contributed by atoms with Gasteiger partial charge < -0.3 is 0 Å². The van der Waals surface area contributed by atoms with E-state index in [0.29, 0.717) is 5.92 Å². The molecule has 0 nitrogen and oxygen atoms in total. The first-order chi connectivity index (χ1) is 10.8. The van der Waals surface area contributed by atoms with Crippen LogP contribution in [0.5, 0.6) is 0 Å². The third-order valence-electron chi connectivity index (χ3n) is 4.08. The van der Waals surface area contributed by atoms with Crippen LogP contribution in [-0.4, -0.2) is 16.0 Å². The average Bonchev–Trinajstić information content (AvgIpc) is 2.59. The van der Waals surface area contributed by atoms with Crippen molar-refractivity contribution >= 4 is 20.5 Å². The number of hydrogen-bond acceptors (Lipinski definition) is 0. The van der Waals surface area contributed by atoms with Crippen molar-refractivity contribution < 1.29 is 0 Å². The van der Waals surface area contributed by atoms with E-state index >= 15 is 0 Å². The molecular formula is C21H19Se. The van der Waals surface area contributed by atoms with E-state index in [1.54, 1.807) is 0 Å². The molecule has 1 radical (unpaired) electrons. The van der Waals surface area contributed by atoms with Crippen molar-refractivity contribution in [1.82, 2.24) is 0 Å². The molecule has 0 amide bonds. The predicted molar refractivity (Wildman–Crippen MR) is 94.9 cm³/mol. The fourth-order valence-electron chi connectivity index (χ4n) is 2.91. The van der Waals surface area contributed by atoms with Gasteiger partial charge in [0.05, 0.1) is 0 Å². The van der Waals surface area contributed by atoms with Crippen LogP contribution < -0.4 is 4.46 Å². The fourth-order valence-corrected chi connectivity index (χ4v) is 3.43. The first-order valence-corrected chi connectivity index (χ1v) is 8.55. The molecule has 0 aromatic heterocycles. The van der Waals surface area contributed by atoms with Gasteiger partial charge in [-0.15, -0.1) is 0 Å². The summed E-state index contributed by atoms with van der Waals surface area (Å²) >= 11 is 3.17. The van der Waals surface area contributed by atoms with E-state index in [1.807, 2.05) is 0 Å². The zero-order valence-corrected chi connectivity index (χ0v) is 14.2. The van der Waals surface area contributed by atoms with Crippen molar-refractivity contribution in [3.8, 4) is 0 Å². The Hall–Kier alpha value is -1.82. The van der Waals surface area contributed by atoms with E-state index in [0.717, 1.165) is 12.8 Å². The Morgan fingerprint density at radius 1 is 0.636 bits per heavy atom. The number of aryl methyl sites for hydroxylation is 1. The molecule has 1 heteroatoms. The summed E-state index contributed by atoms with van der Waals surface area (Å²) in [5, 5.41) is 0. The maximum atomic E-state index is 3.17. The van der Waals surface area contributed by atoms with Crippen molar-refractivity contribution in [2.45, 2.75) is 18.8 Å². The molecule has 0 heterocycles. The van der Waals surface area contributed by atoms with Gasteiger partial charge in [-0.05, 0) is 0 Å². The van der Waals surface area contributed by atoms with E-state index in [4.69, 9.17) is 0 Å². The molecule has 0 bridgehead atoms. The SMILES string of the molecule is [Se]c1ccccc1CCC(c1ccccc1)c1ccccc1. The summed E-state index contributed by atoms with van der Waals surface area (Å²) in [4.78, 5) is 0. The minimum atomic E-state index is 0.446. The Morgan fingerprint density at radius 2 is 1.14 bits per heavy atom. The topological polar surface area (TPSA) is 0 Å². The summed E-state index contributed by atoms with van der Waals surface area (Å²) in [6, 6.07) is 30.2. The summed E-state index contributed by atoms with van der Waals surface area (Å²) < 4.78 is 1.27. The summed E-state index contributed by atoms with van der Waals surface area (Å²) in [5.74, 6) is 0.446. The van der Waals surface area contributed by atoms with Crippen LogP contribution in [0.1, 0.15) is 29.0 Å². The van der Waals surface area contributed by atoms with Crippen LogP contribution in [0.25, 0.3) is 0 Å². The standard InChI is InChI=1S/C21H19Se/c22-21-14-8-7-13-19(21)15-16-20(17-9-3-1-4-10-17)18-11-5-2-6-12-18/h1-14,20H,15-16H2. The van der Waals surface area contributed by atoms with E-state index in [2.05, 4.69) is 101 Å². The van der Waals surface area contributed by atoms with Crippen molar-refractivity contribution in [3.63, 3.8) is 0 Å². The van der Waals surface area contributed by atoms with E-state index in [9.17, 15) is 0 Å². The Bertz CT molecular complexity index is 665. The molecule has 0 fully saturated rings. The summed E-state index contributed by atoms with van der Waals surface area (Å²) in [6.45, 7) is 0. The molecule has 3 rings (SSSR count). The normalized spacial score (nSPS) is 10.8. The molecular weight excluding hydrogens is 331 g/mol.